The third kappa shape index (κ3) is 3.72. The molecule has 132 valence electrons. The van der Waals surface area contributed by atoms with Gasteiger partial charge in [0, 0.05) is 5.56 Å². The van der Waals surface area contributed by atoms with E-state index in [9.17, 15) is 9.65 Å². The van der Waals surface area contributed by atoms with Gasteiger partial charge < -0.3 is 15.9 Å². The minimum Gasteiger partial charge on any atom is -0.543 e. The van der Waals surface area contributed by atoms with Crippen LogP contribution < -0.4 is 15.9 Å². The summed E-state index contributed by atoms with van der Waals surface area (Å²) < 4.78 is 20.6. The number of halogens is 1. The molecule has 0 radical (unpaired) electrons. The molecule has 6 nitrogen and oxygen atoms in total. The largest absolute Gasteiger partial charge is 0.543 e. The van der Waals surface area contributed by atoms with Gasteiger partial charge in [0.05, 0.1) is 5.69 Å². The third-order valence-electron chi connectivity index (χ3n) is 4.44. The van der Waals surface area contributed by atoms with Gasteiger partial charge in [-0.3, -0.25) is 0 Å². The molecule has 0 saturated heterocycles. The molecule has 8 heteroatoms. The number of nitrogens with two attached hydrogens (primary N) is 2. The van der Waals surface area contributed by atoms with E-state index < -0.39 is 14.1 Å². The maximum Gasteiger partial charge on any atom is 0.250 e. The normalized spacial score (nSPS) is 11.9. The zero-order valence-electron chi connectivity index (χ0n) is 15.0. The van der Waals surface area contributed by atoms with Crippen molar-refractivity contribution in [2.75, 3.05) is 11.5 Å². The number of hydrogen-bond donors (Lipinski definition) is 2. The molecule has 0 bridgehead atoms. The van der Waals surface area contributed by atoms with Crippen molar-refractivity contribution in [1.82, 2.24) is 9.97 Å². The summed E-state index contributed by atoms with van der Waals surface area (Å²) in [4.78, 5) is 7.75. The van der Waals surface area contributed by atoms with Crippen LogP contribution in [0.3, 0.4) is 0 Å². The van der Waals surface area contributed by atoms with Crippen LogP contribution in [-0.4, -0.2) is 18.3 Å². The summed E-state index contributed by atoms with van der Waals surface area (Å²) in [7, 11) is -2.10. The van der Waals surface area contributed by atoms with E-state index in [4.69, 9.17) is 15.9 Å². The molecule has 1 aromatic carbocycles. The highest BCUT2D eigenvalue weighted by Gasteiger charge is 2.39. The van der Waals surface area contributed by atoms with Crippen LogP contribution in [0.15, 0.2) is 18.2 Å². The Balaban J connectivity index is 2.58. The quantitative estimate of drug-likeness (QED) is 0.808. The minimum atomic E-state index is -2.10. The van der Waals surface area contributed by atoms with Crippen molar-refractivity contribution < 1.29 is 8.82 Å². The Morgan fingerprint density at radius 3 is 2.40 bits per heavy atom. The van der Waals surface area contributed by atoms with Crippen molar-refractivity contribution in [1.29, 1.82) is 5.26 Å². The smallest absolute Gasteiger partial charge is 0.250 e. The number of nitrogen functional groups attached to an aromatic ring is 2. The molecule has 0 saturated carbocycles. The second-order valence-electron chi connectivity index (χ2n) is 7.31. The lowest BCUT2D eigenvalue weighted by Gasteiger charge is -2.36. The molecular weight excluding hydrogens is 337 g/mol. The third-order valence-corrected chi connectivity index (χ3v) is 8.80. The van der Waals surface area contributed by atoms with E-state index in [0.717, 1.165) is 0 Å². The van der Waals surface area contributed by atoms with Crippen molar-refractivity contribution in [2.24, 2.45) is 0 Å². The molecule has 1 heterocycles. The standard InChI is InChI=1S/C17H22FN5OSi/c1-17(2,3)25(4,5)24-10-6-7-13(18)11(8-10)14-12(9-19)15(20)23-16(21)22-14/h6-8H,1-5H3,(H4,20,21,22,23). The van der Waals surface area contributed by atoms with E-state index in [-0.39, 0.29) is 33.6 Å². The summed E-state index contributed by atoms with van der Waals surface area (Å²) in [6, 6.07) is 6.28. The maximum absolute atomic E-state index is 14.4. The minimum absolute atomic E-state index is 0.0108. The van der Waals surface area contributed by atoms with E-state index in [1.807, 2.05) is 6.07 Å². The topological polar surface area (TPSA) is 111 Å². The predicted molar refractivity (Wildman–Crippen MR) is 98.8 cm³/mol. The van der Waals surface area contributed by atoms with Crippen molar-refractivity contribution in [2.45, 2.75) is 38.9 Å². The fourth-order valence-electron chi connectivity index (χ4n) is 2.00. The van der Waals surface area contributed by atoms with Gasteiger partial charge in [-0.15, -0.1) is 0 Å². The molecule has 0 aliphatic heterocycles. The number of aromatic nitrogens is 2. The average molecular weight is 359 g/mol. The highest BCUT2D eigenvalue weighted by molar-refractivity contribution is 6.74. The van der Waals surface area contributed by atoms with Crippen LogP contribution >= 0.6 is 0 Å². The lowest BCUT2D eigenvalue weighted by atomic mass is 10.1. The Bertz CT molecular complexity index is 855. The summed E-state index contributed by atoms with van der Waals surface area (Å²) in [5.41, 5.74) is 11.5. The summed E-state index contributed by atoms with van der Waals surface area (Å²) in [5, 5.41) is 9.30. The van der Waals surface area contributed by atoms with Gasteiger partial charge in [-0.2, -0.15) is 10.2 Å². The number of nitrogens with zero attached hydrogens (tertiary/aromatic N) is 3. The molecule has 0 unspecified atom stereocenters. The van der Waals surface area contributed by atoms with E-state index in [1.165, 1.54) is 12.1 Å². The fraction of sp³-hybridized carbons (Fsp3) is 0.353. The van der Waals surface area contributed by atoms with Crippen molar-refractivity contribution >= 4 is 20.1 Å². The molecule has 2 aromatic rings. The number of anilines is 2. The second-order valence-corrected chi connectivity index (χ2v) is 12.0. The highest BCUT2D eigenvalue weighted by Crippen LogP contribution is 2.38. The first-order valence-electron chi connectivity index (χ1n) is 7.78. The van der Waals surface area contributed by atoms with Crippen LogP contribution in [0.5, 0.6) is 5.75 Å². The van der Waals surface area contributed by atoms with Crippen LogP contribution in [0.25, 0.3) is 11.3 Å². The lowest BCUT2D eigenvalue weighted by molar-refractivity contribution is 0.491. The first-order chi connectivity index (χ1) is 11.5. The van der Waals surface area contributed by atoms with Gasteiger partial charge in [0.25, 0.3) is 0 Å². The van der Waals surface area contributed by atoms with Crippen molar-refractivity contribution in [3.63, 3.8) is 0 Å². The van der Waals surface area contributed by atoms with Crippen LogP contribution in [0.1, 0.15) is 26.3 Å². The second kappa shape index (κ2) is 6.33. The van der Waals surface area contributed by atoms with Crippen LogP contribution in [0.4, 0.5) is 16.2 Å². The van der Waals surface area contributed by atoms with E-state index in [0.29, 0.717) is 5.75 Å². The zero-order chi connectivity index (χ0) is 19.0. The van der Waals surface area contributed by atoms with Crippen molar-refractivity contribution in [3.05, 3.63) is 29.6 Å². The number of nitriles is 1. The number of hydrogen-bond acceptors (Lipinski definition) is 6. The Morgan fingerprint density at radius 1 is 1.20 bits per heavy atom. The molecule has 25 heavy (non-hydrogen) atoms. The van der Waals surface area contributed by atoms with Crippen LogP contribution in [0.2, 0.25) is 18.1 Å². The Hall–Kier alpha value is -2.66. The number of benzene rings is 1. The zero-order valence-corrected chi connectivity index (χ0v) is 16.0. The van der Waals surface area contributed by atoms with Gasteiger partial charge in [0.2, 0.25) is 14.3 Å². The average Bonchev–Trinajstić information content (AvgIpc) is 2.47. The van der Waals surface area contributed by atoms with E-state index in [1.54, 1.807) is 6.07 Å². The molecule has 1 aromatic heterocycles. The summed E-state index contributed by atoms with van der Waals surface area (Å²) >= 11 is 0. The Morgan fingerprint density at radius 2 is 1.84 bits per heavy atom. The van der Waals surface area contributed by atoms with Gasteiger partial charge in [-0.05, 0) is 36.3 Å². The van der Waals surface area contributed by atoms with Gasteiger partial charge in [-0.1, -0.05) is 20.8 Å². The maximum atomic E-state index is 14.4. The molecule has 0 aliphatic rings. The SMILES string of the molecule is CC(C)(C)[Si](C)(C)Oc1ccc(F)c(-c2nc(N)nc(N)c2C#N)c1. The number of rotatable bonds is 3. The summed E-state index contributed by atoms with van der Waals surface area (Å²) in [6.45, 7) is 10.5. The predicted octanol–water partition coefficient (Wildman–Crippen LogP) is 3.70. The van der Waals surface area contributed by atoms with Gasteiger partial charge >= 0.3 is 0 Å². The fourth-order valence-corrected chi connectivity index (χ4v) is 3.02. The monoisotopic (exact) mass is 359 g/mol. The first kappa shape index (κ1) is 18.7. The highest BCUT2D eigenvalue weighted by atomic mass is 28.4. The Labute approximate surface area is 147 Å². The van der Waals surface area contributed by atoms with Gasteiger partial charge in [-0.25, -0.2) is 9.37 Å². The lowest BCUT2D eigenvalue weighted by Crippen LogP contribution is -2.43. The van der Waals surface area contributed by atoms with Crippen LogP contribution in [-0.2, 0) is 0 Å². The van der Waals surface area contributed by atoms with Gasteiger partial charge in [0.1, 0.15) is 29.0 Å². The Kier molecular flexibility index (Phi) is 4.73. The molecule has 2 rings (SSSR count). The molecule has 0 amide bonds. The molecule has 4 N–H and O–H groups in total. The summed E-state index contributed by atoms with van der Waals surface area (Å²) in [6.07, 6.45) is 0. The first-order valence-corrected chi connectivity index (χ1v) is 10.7. The van der Waals surface area contributed by atoms with Gasteiger partial charge in [0.15, 0.2) is 0 Å². The molecule has 0 spiro atoms. The van der Waals surface area contributed by atoms with Crippen molar-refractivity contribution in [3.8, 4) is 23.1 Å². The van der Waals surface area contributed by atoms with Crippen LogP contribution in [0, 0.1) is 17.1 Å². The molecular formula is C17H22FN5OSi. The summed E-state index contributed by atoms with van der Waals surface area (Å²) in [5.74, 6) is -0.235. The van der Waals surface area contributed by atoms with E-state index >= 15 is 0 Å². The molecule has 0 atom stereocenters. The molecule has 0 fully saturated rings. The van der Waals surface area contributed by atoms with E-state index in [2.05, 4.69) is 43.8 Å². The molecule has 0 aliphatic carbocycles.